The van der Waals surface area contributed by atoms with Crippen LogP contribution in [0.15, 0.2) is 10.4 Å². The maximum atomic E-state index is 4.22. The van der Waals surface area contributed by atoms with Crippen LogP contribution in [0.1, 0.15) is 32.6 Å². The quantitative estimate of drug-likeness (QED) is 0.554. The van der Waals surface area contributed by atoms with Gasteiger partial charge in [0.05, 0.1) is 0 Å². The number of unbranched alkanes of at least 4 members (excludes halogenated alkanes) is 3. The van der Waals surface area contributed by atoms with Crippen LogP contribution >= 0.6 is 11.3 Å². The van der Waals surface area contributed by atoms with Gasteiger partial charge in [0.1, 0.15) is 5.82 Å². The van der Waals surface area contributed by atoms with Gasteiger partial charge in [-0.05, 0) is 13.1 Å². The predicted molar refractivity (Wildman–Crippen MR) is 64.0 cm³/mol. The maximum Gasteiger partial charge on any atom is 0.210 e. The molecule has 1 aromatic rings. The molecule has 3 nitrogen and oxygen atoms in total. The summed E-state index contributed by atoms with van der Waals surface area (Å²) in [6.07, 6.45) is 5.10. The molecule has 1 rings (SSSR count). The van der Waals surface area contributed by atoms with E-state index in [2.05, 4.69) is 28.9 Å². The summed E-state index contributed by atoms with van der Waals surface area (Å²) in [6, 6.07) is 0. The molecule has 14 heavy (non-hydrogen) atoms. The monoisotopic (exact) mass is 211 g/mol. The van der Waals surface area contributed by atoms with Crippen LogP contribution in [-0.2, 0) is 0 Å². The summed E-state index contributed by atoms with van der Waals surface area (Å²) in [4.78, 5) is 7.99. The number of hydrogen-bond donors (Lipinski definition) is 1. The van der Waals surface area contributed by atoms with Crippen molar-refractivity contribution in [3.63, 3.8) is 0 Å². The first-order valence-electron chi connectivity index (χ1n) is 5.03. The lowest BCUT2D eigenvalue weighted by Crippen LogP contribution is -2.01. The number of nitrogens with one attached hydrogen (secondary N) is 1. The fourth-order valence-electron chi connectivity index (χ4n) is 1.19. The van der Waals surface area contributed by atoms with E-state index < -0.39 is 0 Å². The molecule has 78 valence electrons. The van der Waals surface area contributed by atoms with Crippen LogP contribution in [-0.4, -0.2) is 18.2 Å². The Morgan fingerprint density at radius 2 is 2.36 bits per heavy atom. The molecule has 0 aliphatic carbocycles. The van der Waals surface area contributed by atoms with Gasteiger partial charge in [-0.25, -0.2) is 9.98 Å². The molecule has 1 N–H and O–H groups in total. The van der Waals surface area contributed by atoms with Crippen LogP contribution in [0, 0.1) is 0 Å². The van der Waals surface area contributed by atoms with Crippen molar-refractivity contribution in [1.29, 1.82) is 0 Å². The third-order valence-electron chi connectivity index (χ3n) is 1.96. The molecular weight excluding hydrogens is 194 g/mol. The highest BCUT2D eigenvalue weighted by Gasteiger charge is 1.97. The largest absolute Gasteiger partial charge is 0.369 e. The number of rotatable bonds is 7. The number of nitrogens with zero attached hydrogens (tertiary/aromatic N) is 2. The van der Waals surface area contributed by atoms with Crippen LogP contribution in [0.5, 0.6) is 0 Å². The number of anilines is 1. The van der Waals surface area contributed by atoms with Crippen molar-refractivity contribution in [3.8, 4) is 0 Å². The molecule has 0 radical (unpaired) electrons. The van der Waals surface area contributed by atoms with Gasteiger partial charge in [-0.3, -0.25) is 0 Å². The minimum absolute atomic E-state index is 0.737. The van der Waals surface area contributed by atoms with Gasteiger partial charge in [-0.2, -0.15) is 0 Å². The lowest BCUT2D eigenvalue weighted by Gasteiger charge is -2.01. The van der Waals surface area contributed by atoms with Crippen molar-refractivity contribution < 1.29 is 0 Å². The lowest BCUT2D eigenvalue weighted by atomic mass is 10.2. The summed E-state index contributed by atoms with van der Waals surface area (Å²) < 4.78 is 0. The molecule has 0 spiro atoms. The van der Waals surface area contributed by atoms with Gasteiger partial charge in [0.25, 0.3) is 0 Å². The van der Waals surface area contributed by atoms with Crippen molar-refractivity contribution in [1.82, 2.24) is 4.98 Å². The van der Waals surface area contributed by atoms with E-state index in [4.69, 9.17) is 0 Å². The third-order valence-corrected chi connectivity index (χ3v) is 2.74. The molecule has 0 saturated carbocycles. The molecule has 0 atom stereocenters. The number of aliphatic imine (C=N–C) groups is 1. The second-order valence-electron chi connectivity index (χ2n) is 3.16. The third kappa shape index (κ3) is 3.87. The summed E-state index contributed by atoms with van der Waals surface area (Å²) in [5.74, 6) is 0.925. The Morgan fingerprint density at radius 3 is 3.00 bits per heavy atom. The first kappa shape index (κ1) is 11.2. The van der Waals surface area contributed by atoms with Crippen LogP contribution in [0.4, 0.5) is 10.9 Å². The van der Waals surface area contributed by atoms with E-state index in [1.807, 2.05) is 5.38 Å². The summed E-state index contributed by atoms with van der Waals surface area (Å²) in [6.45, 7) is 6.65. The van der Waals surface area contributed by atoms with Crippen molar-refractivity contribution in [2.75, 3.05) is 11.9 Å². The zero-order chi connectivity index (χ0) is 10.2. The van der Waals surface area contributed by atoms with Gasteiger partial charge >= 0.3 is 0 Å². The zero-order valence-corrected chi connectivity index (χ0v) is 9.44. The molecule has 4 heteroatoms. The summed E-state index contributed by atoms with van der Waals surface area (Å²) in [5.41, 5.74) is 0. The average Bonchev–Trinajstić information content (AvgIpc) is 2.65. The van der Waals surface area contributed by atoms with Gasteiger partial charge < -0.3 is 5.32 Å². The number of aromatic nitrogens is 1. The molecular formula is C10H17N3S. The molecule has 0 saturated heterocycles. The minimum atomic E-state index is 0.737. The van der Waals surface area contributed by atoms with E-state index in [-0.39, 0.29) is 0 Å². The predicted octanol–water partition coefficient (Wildman–Crippen LogP) is 3.47. The summed E-state index contributed by atoms with van der Waals surface area (Å²) in [5, 5.41) is 5.98. The smallest absolute Gasteiger partial charge is 0.210 e. The Bertz CT molecular complexity index is 270. The van der Waals surface area contributed by atoms with Crippen molar-refractivity contribution >= 4 is 29.0 Å². The maximum absolute atomic E-state index is 4.22. The van der Waals surface area contributed by atoms with Crippen LogP contribution < -0.4 is 5.32 Å². The highest BCUT2D eigenvalue weighted by molar-refractivity contribution is 7.13. The van der Waals surface area contributed by atoms with Gasteiger partial charge in [0, 0.05) is 11.9 Å². The molecule has 0 aliphatic rings. The van der Waals surface area contributed by atoms with Crippen molar-refractivity contribution in [2.45, 2.75) is 32.6 Å². The van der Waals surface area contributed by atoms with Gasteiger partial charge in [-0.15, -0.1) is 11.3 Å². The molecule has 0 aliphatic heterocycles. The van der Waals surface area contributed by atoms with Crippen LogP contribution in [0.25, 0.3) is 0 Å². The van der Waals surface area contributed by atoms with Crippen LogP contribution in [0.2, 0.25) is 0 Å². The van der Waals surface area contributed by atoms with Crippen molar-refractivity contribution in [3.05, 3.63) is 5.38 Å². The lowest BCUT2D eigenvalue weighted by molar-refractivity contribution is 0.684. The highest BCUT2D eigenvalue weighted by Crippen LogP contribution is 2.21. The molecule has 0 fully saturated rings. The summed E-state index contributed by atoms with van der Waals surface area (Å²) >= 11 is 1.52. The van der Waals surface area contributed by atoms with Crippen molar-refractivity contribution in [2.24, 2.45) is 4.99 Å². The Hall–Kier alpha value is -0.900. The zero-order valence-electron chi connectivity index (χ0n) is 8.62. The molecule has 1 heterocycles. The number of hydrogen-bond acceptors (Lipinski definition) is 4. The Kier molecular flexibility index (Phi) is 5.22. The first-order valence-corrected chi connectivity index (χ1v) is 5.91. The summed E-state index contributed by atoms with van der Waals surface area (Å²) in [7, 11) is 0. The Morgan fingerprint density at radius 1 is 1.50 bits per heavy atom. The molecule has 0 bridgehead atoms. The first-order chi connectivity index (χ1) is 6.86. The minimum Gasteiger partial charge on any atom is -0.369 e. The molecule has 1 aromatic heterocycles. The molecule has 0 aromatic carbocycles. The van der Waals surface area contributed by atoms with E-state index in [1.165, 1.54) is 37.0 Å². The Balaban J connectivity index is 2.14. The van der Waals surface area contributed by atoms with E-state index in [9.17, 15) is 0 Å². The SMILES string of the molecule is C=Nc1nc(NCCCCCC)cs1. The fourth-order valence-corrected chi connectivity index (χ4v) is 1.76. The van der Waals surface area contributed by atoms with Gasteiger partial charge in [0.15, 0.2) is 0 Å². The van der Waals surface area contributed by atoms with Crippen LogP contribution in [0.3, 0.4) is 0 Å². The van der Waals surface area contributed by atoms with Gasteiger partial charge in [0.2, 0.25) is 5.13 Å². The standard InChI is InChI=1S/C10H17N3S/c1-3-4-5-6-7-12-9-8-14-10(11-2)13-9/h8,12H,2-7H2,1H3. The Labute approximate surface area is 89.3 Å². The molecule has 0 amide bonds. The van der Waals surface area contributed by atoms with E-state index in [0.717, 1.165) is 17.5 Å². The number of thiazole rings is 1. The second kappa shape index (κ2) is 6.54. The topological polar surface area (TPSA) is 37.3 Å². The highest BCUT2D eigenvalue weighted by atomic mass is 32.1. The normalized spacial score (nSPS) is 10.1. The van der Waals surface area contributed by atoms with Gasteiger partial charge in [-0.1, -0.05) is 26.2 Å². The fraction of sp³-hybridized carbons (Fsp3) is 0.600. The van der Waals surface area contributed by atoms with E-state index >= 15 is 0 Å². The van der Waals surface area contributed by atoms with E-state index in [1.54, 1.807) is 0 Å². The van der Waals surface area contributed by atoms with E-state index in [0.29, 0.717) is 0 Å². The average molecular weight is 211 g/mol. The second-order valence-corrected chi connectivity index (χ2v) is 4.00. The molecule has 0 unspecified atom stereocenters.